The molecule has 1 aromatic heterocycles. The molecule has 0 radical (unpaired) electrons. The maximum atomic E-state index is 13.3. The van der Waals surface area contributed by atoms with Crippen molar-refractivity contribution in [2.45, 2.75) is 19.4 Å². The van der Waals surface area contributed by atoms with E-state index in [2.05, 4.69) is 17.4 Å². The van der Waals surface area contributed by atoms with Crippen molar-refractivity contribution < 1.29 is 9.53 Å². The number of thiazole rings is 1. The van der Waals surface area contributed by atoms with Crippen molar-refractivity contribution in [2.24, 2.45) is 0 Å². The number of ether oxygens (including phenoxy) is 1. The molecule has 0 spiro atoms. The first-order valence-electron chi connectivity index (χ1n) is 9.86. The van der Waals surface area contributed by atoms with Gasteiger partial charge in [-0.25, -0.2) is 4.98 Å². The Morgan fingerprint density at radius 1 is 0.933 bits per heavy atom. The molecule has 5 heteroatoms. The van der Waals surface area contributed by atoms with Gasteiger partial charge in [0.15, 0.2) is 0 Å². The fourth-order valence-corrected chi connectivity index (χ4v) is 4.77. The predicted molar refractivity (Wildman–Crippen MR) is 119 cm³/mol. The van der Waals surface area contributed by atoms with Gasteiger partial charge in [0, 0.05) is 21.6 Å². The number of aryl methyl sites for hydroxylation is 1. The van der Waals surface area contributed by atoms with E-state index in [9.17, 15) is 4.79 Å². The van der Waals surface area contributed by atoms with E-state index < -0.39 is 5.92 Å². The smallest absolute Gasteiger partial charge is 0.232 e. The van der Waals surface area contributed by atoms with Crippen LogP contribution in [0.15, 0.2) is 78.9 Å². The number of nitrogens with one attached hydrogen (secondary N) is 1. The van der Waals surface area contributed by atoms with E-state index >= 15 is 0 Å². The van der Waals surface area contributed by atoms with Gasteiger partial charge in [-0.3, -0.25) is 4.79 Å². The van der Waals surface area contributed by atoms with Crippen molar-refractivity contribution in [1.82, 2.24) is 10.3 Å². The van der Waals surface area contributed by atoms with Crippen LogP contribution in [0, 0.1) is 6.92 Å². The van der Waals surface area contributed by atoms with Crippen molar-refractivity contribution >= 4 is 17.2 Å². The van der Waals surface area contributed by atoms with Crippen molar-refractivity contribution in [1.29, 1.82) is 0 Å². The fourth-order valence-electron chi connectivity index (χ4n) is 3.76. The first-order valence-corrected chi connectivity index (χ1v) is 10.7. The molecular formula is C25H20N2O2S. The molecule has 0 aliphatic carbocycles. The number of carbonyl (C=O) groups is 1. The summed E-state index contributed by atoms with van der Waals surface area (Å²) in [5, 5.41) is 4.10. The Labute approximate surface area is 179 Å². The second kappa shape index (κ2) is 7.76. The first-order chi connectivity index (χ1) is 14.7. The lowest BCUT2D eigenvalue weighted by molar-refractivity contribution is -0.122. The van der Waals surface area contributed by atoms with Gasteiger partial charge in [-0.1, -0.05) is 66.7 Å². The summed E-state index contributed by atoms with van der Waals surface area (Å²) in [5.74, 6) is 1.04. The lowest BCUT2D eigenvalue weighted by atomic mass is 9.87. The van der Waals surface area contributed by atoms with Gasteiger partial charge in [0.25, 0.3) is 0 Å². The van der Waals surface area contributed by atoms with Gasteiger partial charge in [-0.15, -0.1) is 11.3 Å². The minimum absolute atomic E-state index is 0.0349. The van der Waals surface area contributed by atoms with Crippen LogP contribution in [0.1, 0.15) is 27.6 Å². The number of fused-ring (bicyclic) bond motifs is 2. The molecule has 1 amide bonds. The van der Waals surface area contributed by atoms with Gasteiger partial charge in [0.1, 0.15) is 16.5 Å². The molecule has 4 aromatic rings. The molecule has 0 saturated heterocycles. The topological polar surface area (TPSA) is 51.2 Å². The number of benzene rings is 3. The normalized spacial score (nSPS) is 12.6. The minimum Gasteiger partial charge on any atom is -0.457 e. The number of amides is 1. The number of para-hydroxylation sites is 2. The van der Waals surface area contributed by atoms with Crippen molar-refractivity contribution in [3.05, 3.63) is 101 Å². The molecular weight excluding hydrogens is 392 g/mol. The highest BCUT2D eigenvalue weighted by Gasteiger charge is 2.32. The summed E-state index contributed by atoms with van der Waals surface area (Å²) < 4.78 is 6.00. The molecule has 30 heavy (non-hydrogen) atoms. The van der Waals surface area contributed by atoms with Gasteiger partial charge in [0.05, 0.1) is 18.2 Å². The molecule has 0 atom stereocenters. The second-order valence-corrected chi connectivity index (χ2v) is 8.31. The van der Waals surface area contributed by atoms with Crippen LogP contribution < -0.4 is 10.1 Å². The molecule has 5 rings (SSSR count). The Bertz CT molecular complexity index is 1170. The van der Waals surface area contributed by atoms with E-state index in [0.29, 0.717) is 6.54 Å². The highest BCUT2D eigenvalue weighted by Crippen LogP contribution is 2.44. The van der Waals surface area contributed by atoms with E-state index in [0.717, 1.165) is 43.8 Å². The average molecular weight is 413 g/mol. The average Bonchev–Trinajstić information content (AvgIpc) is 3.17. The zero-order valence-electron chi connectivity index (χ0n) is 16.5. The van der Waals surface area contributed by atoms with Crippen LogP contribution in [-0.2, 0) is 11.3 Å². The highest BCUT2D eigenvalue weighted by atomic mass is 32.1. The number of aromatic nitrogens is 1. The molecule has 1 aliphatic rings. The monoisotopic (exact) mass is 412 g/mol. The van der Waals surface area contributed by atoms with Gasteiger partial charge in [-0.2, -0.15) is 0 Å². The number of hydrogen-bond acceptors (Lipinski definition) is 4. The largest absolute Gasteiger partial charge is 0.457 e. The molecule has 2 heterocycles. The third kappa shape index (κ3) is 3.37. The molecule has 3 aromatic carbocycles. The number of rotatable bonds is 4. The lowest BCUT2D eigenvalue weighted by Crippen LogP contribution is -2.31. The Hall–Kier alpha value is -3.44. The number of carbonyl (C=O) groups excluding carboxylic acids is 1. The third-order valence-electron chi connectivity index (χ3n) is 5.28. The first kappa shape index (κ1) is 18.6. The quantitative estimate of drug-likeness (QED) is 0.470. The van der Waals surface area contributed by atoms with Gasteiger partial charge < -0.3 is 10.1 Å². The standard InChI is InChI=1S/C25H20N2O2S/c1-16-22(30-25(27-16)17-9-3-2-4-10-17)15-26-24(28)23-18-11-5-7-13-20(18)29-21-14-8-6-12-19(21)23/h2-14,23H,15H2,1H3,(H,26,28). The molecule has 0 fully saturated rings. The van der Waals surface area contributed by atoms with Gasteiger partial charge in [-0.05, 0) is 19.1 Å². The summed E-state index contributed by atoms with van der Waals surface area (Å²) in [4.78, 5) is 19.1. The van der Waals surface area contributed by atoms with Crippen LogP contribution in [-0.4, -0.2) is 10.9 Å². The van der Waals surface area contributed by atoms with E-state index in [1.807, 2.05) is 73.7 Å². The third-order valence-corrected chi connectivity index (χ3v) is 6.49. The summed E-state index contributed by atoms with van der Waals surface area (Å²) in [6.45, 7) is 2.44. The molecule has 1 aliphatic heterocycles. The Morgan fingerprint density at radius 3 is 2.20 bits per heavy atom. The van der Waals surface area contributed by atoms with E-state index in [1.165, 1.54) is 0 Å². The Balaban J connectivity index is 1.40. The minimum atomic E-state index is -0.395. The Morgan fingerprint density at radius 2 is 1.53 bits per heavy atom. The molecule has 0 unspecified atom stereocenters. The summed E-state index contributed by atoms with van der Waals surface area (Å²) in [5.41, 5.74) is 3.82. The summed E-state index contributed by atoms with van der Waals surface area (Å²) >= 11 is 1.62. The van der Waals surface area contributed by atoms with E-state index in [4.69, 9.17) is 9.72 Å². The maximum Gasteiger partial charge on any atom is 0.232 e. The number of nitrogens with zero attached hydrogens (tertiary/aromatic N) is 1. The molecule has 1 N–H and O–H groups in total. The number of hydrogen-bond donors (Lipinski definition) is 1. The second-order valence-electron chi connectivity index (χ2n) is 7.22. The molecule has 0 saturated carbocycles. The summed E-state index contributed by atoms with van der Waals surface area (Å²) in [6, 6.07) is 25.6. The Kier molecular flexibility index (Phi) is 4.81. The molecule has 148 valence electrons. The van der Waals surface area contributed by atoms with Crippen LogP contribution >= 0.6 is 11.3 Å². The zero-order chi connectivity index (χ0) is 20.5. The zero-order valence-corrected chi connectivity index (χ0v) is 17.3. The van der Waals surface area contributed by atoms with E-state index in [-0.39, 0.29) is 5.91 Å². The SMILES string of the molecule is Cc1nc(-c2ccccc2)sc1CNC(=O)C1c2ccccc2Oc2ccccc21. The summed E-state index contributed by atoms with van der Waals surface area (Å²) in [6.07, 6.45) is 0. The van der Waals surface area contributed by atoms with Crippen LogP contribution in [0.25, 0.3) is 10.6 Å². The maximum absolute atomic E-state index is 13.3. The van der Waals surface area contributed by atoms with Crippen LogP contribution in [0.5, 0.6) is 11.5 Å². The van der Waals surface area contributed by atoms with E-state index in [1.54, 1.807) is 11.3 Å². The van der Waals surface area contributed by atoms with Crippen molar-refractivity contribution in [2.75, 3.05) is 0 Å². The van der Waals surface area contributed by atoms with Crippen LogP contribution in [0.2, 0.25) is 0 Å². The van der Waals surface area contributed by atoms with Crippen LogP contribution in [0.4, 0.5) is 0 Å². The van der Waals surface area contributed by atoms with Crippen LogP contribution in [0.3, 0.4) is 0 Å². The van der Waals surface area contributed by atoms with Crippen molar-refractivity contribution in [3.63, 3.8) is 0 Å². The van der Waals surface area contributed by atoms with Gasteiger partial charge in [0.2, 0.25) is 5.91 Å². The van der Waals surface area contributed by atoms with Crippen molar-refractivity contribution in [3.8, 4) is 22.1 Å². The fraction of sp³-hybridized carbons (Fsp3) is 0.120. The predicted octanol–water partition coefficient (Wildman–Crippen LogP) is 5.67. The lowest BCUT2D eigenvalue weighted by Gasteiger charge is -2.27. The van der Waals surface area contributed by atoms with Gasteiger partial charge >= 0.3 is 0 Å². The molecule has 4 nitrogen and oxygen atoms in total. The highest BCUT2D eigenvalue weighted by molar-refractivity contribution is 7.15. The molecule has 0 bridgehead atoms. The summed E-state index contributed by atoms with van der Waals surface area (Å²) in [7, 11) is 0.